The molecule has 6 heteroatoms. The van der Waals surface area contributed by atoms with Crippen molar-refractivity contribution in [3.8, 4) is 5.75 Å². The molecule has 3 rings (SSSR count). The van der Waals surface area contributed by atoms with Gasteiger partial charge in [-0.15, -0.1) is 0 Å². The lowest BCUT2D eigenvalue weighted by Crippen LogP contribution is -2.43. The van der Waals surface area contributed by atoms with Crippen LogP contribution in [0.1, 0.15) is 5.56 Å². The Balaban J connectivity index is 2.03. The average molecular weight is 337 g/mol. The van der Waals surface area contributed by atoms with Gasteiger partial charge < -0.3 is 15.4 Å². The molecule has 0 saturated carbocycles. The number of carbonyl (C=O) groups is 2. The highest BCUT2D eigenvalue weighted by Gasteiger charge is 2.32. The van der Waals surface area contributed by atoms with Crippen molar-refractivity contribution in [3.63, 3.8) is 0 Å². The maximum absolute atomic E-state index is 12.9. The van der Waals surface area contributed by atoms with Gasteiger partial charge in [0.25, 0.3) is 5.91 Å². The Morgan fingerprint density at radius 1 is 1.20 bits per heavy atom. The molecule has 2 aromatic carbocycles. The third-order valence-corrected chi connectivity index (χ3v) is 3.84. The van der Waals surface area contributed by atoms with Crippen molar-refractivity contribution in [1.29, 1.82) is 0 Å². The summed E-state index contributed by atoms with van der Waals surface area (Å²) in [6, 6.07) is 14.4. The van der Waals surface area contributed by atoms with E-state index in [1.165, 1.54) is 9.80 Å². The molecule has 1 aliphatic rings. The third-order valence-electron chi connectivity index (χ3n) is 3.84. The number of hydrogen-bond acceptors (Lipinski definition) is 4. The summed E-state index contributed by atoms with van der Waals surface area (Å²) in [5, 5.41) is 0. The van der Waals surface area contributed by atoms with Gasteiger partial charge in [0, 0.05) is 25.8 Å². The number of amides is 2. The Morgan fingerprint density at radius 3 is 2.60 bits per heavy atom. The highest BCUT2D eigenvalue weighted by atomic mass is 16.5. The second-order valence-corrected chi connectivity index (χ2v) is 5.93. The van der Waals surface area contributed by atoms with E-state index in [0.29, 0.717) is 17.1 Å². The first-order valence-corrected chi connectivity index (χ1v) is 7.82. The van der Waals surface area contributed by atoms with Gasteiger partial charge in [0.1, 0.15) is 6.54 Å². The molecule has 1 heterocycles. The molecule has 0 aliphatic carbocycles. The minimum atomic E-state index is -0.365. The van der Waals surface area contributed by atoms with Crippen molar-refractivity contribution >= 4 is 29.3 Å². The Kier molecular flexibility index (Phi) is 4.43. The number of hydrogen-bond donors (Lipinski definition) is 1. The summed E-state index contributed by atoms with van der Waals surface area (Å²) < 4.78 is 5.77. The van der Waals surface area contributed by atoms with Crippen LogP contribution in [-0.4, -0.2) is 37.4 Å². The molecule has 25 heavy (non-hydrogen) atoms. The van der Waals surface area contributed by atoms with E-state index in [4.69, 9.17) is 10.5 Å². The fourth-order valence-electron chi connectivity index (χ4n) is 2.47. The van der Waals surface area contributed by atoms with Gasteiger partial charge in [-0.3, -0.25) is 14.5 Å². The molecule has 0 unspecified atom stereocenters. The zero-order valence-electron chi connectivity index (χ0n) is 14.1. The first-order chi connectivity index (χ1) is 12.0. The van der Waals surface area contributed by atoms with Crippen molar-refractivity contribution in [2.24, 2.45) is 0 Å². The number of nitrogens with zero attached hydrogens (tertiary/aromatic N) is 2. The molecular formula is C19H19N3O3. The van der Waals surface area contributed by atoms with Gasteiger partial charge in [-0.25, -0.2) is 0 Å². The van der Waals surface area contributed by atoms with E-state index >= 15 is 0 Å². The number of anilines is 2. The molecule has 0 bridgehead atoms. The fourth-order valence-corrected chi connectivity index (χ4v) is 2.47. The Morgan fingerprint density at radius 2 is 1.92 bits per heavy atom. The minimum Gasteiger partial charge on any atom is -0.449 e. The van der Waals surface area contributed by atoms with Gasteiger partial charge >= 0.3 is 0 Å². The predicted molar refractivity (Wildman–Crippen MR) is 96.9 cm³/mol. The van der Waals surface area contributed by atoms with Crippen LogP contribution in [0.5, 0.6) is 5.75 Å². The zero-order chi connectivity index (χ0) is 18.0. The van der Waals surface area contributed by atoms with Crippen LogP contribution in [0.2, 0.25) is 0 Å². The number of nitrogen functional groups attached to an aromatic ring is 1. The topological polar surface area (TPSA) is 75.9 Å². The molecule has 0 atom stereocenters. The summed E-state index contributed by atoms with van der Waals surface area (Å²) in [6.07, 6.45) is 1.65. The Hall–Kier alpha value is -3.28. The molecule has 2 N–H and O–H groups in total. The maximum atomic E-state index is 12.9. The molecule has 2 aromatic rings. The highest BCUT2D eigenvalue weighted by Crippen LogP contribution is 2.37. The number of carbonyl (C=O) groups excluding carboxylic acids is 2. The van der Waals surface area contributed by atoms with E-state index in [1.807, 2.05) is 30.3 Å². The summed E-state index contributed by atoms with van der Waals surface area (Å²) in [5.74, 6) is 0.0533. The summed E-state index contributed by atoms with van der Waals surface area (Å²) in [5.41, 5.74) is 7.71. The normalized spacial score (nSPS) is 14.9. The third kappa shape index (κ3) is 3.47. The molecular weight excluding hydrogens is 318 g/mol. The smallest absolute Gasteiger partial charge is 0.294 e. The van der Waals surface area contributed by atoms with Gasteiger partial charge in [-0.1, -0.05) is 30.3 Å². The lowest BCUT2D eigenvalue weighted by Gasteiger charge is -2.31. The highest BCUT2D eigenvalue weighted by molar-refractivity contribution is 6.12. The second kappa shape index (κ2) is 6.68. The zero-order valence-corrected chi connectivity index (χ0v) is 14.1. The second-order valence-electron chi connectivity index (χ2n) is 5.93. The van der Waals surface area contributed by atoms with Crippen LogP contribution >= 0.6 is 0 Å². The maximum Gasteiger partial charge on any atom is 0.294 e. The van der Waals surface area contributed by atoms with E-state index in [2.05, 4.69) is 0 Å². The van der Waals surface area contributed by atoms with Crippen molar-refractivity contribution in [2.75, 3.05) is 31.3 Å². The van der Waals surface area contributed by atoms with Crippen LogP contribution in [0.3, 0.4) is 0 Å². The summed E-state index contributed by atoms with van der Waals surface area (Å²) in [7, 11) is 3.30. The molecule has 2 amide bonds. The van der Waals surface area contributed by atoms with Crippen molar-refractivity contribution < 1.29 is 14.3 Å². The van der Waals surface area contributed by atoms with E-state index in [1.54, 1.807) is 38.4 Å². The van der Waals surface area contributed by atoms with Crippen LogP contribution < -0.4 is 15.4 Å². The van der Waals surface area contributed by atoms with E-state index in [0.717, 1.165) is 5.56 Å². The average Bonchev–Trinajstić information content (AvgIpc) is 2.59. The molecule has 128 valence electrons. The van der Waals surface area contributed by atoms with Crippen LogP contribution in [-0.2, 0) is 9.59 Å². The molecule has 0 aromatic heterocycles. The van der Waals surface area contributed by atoms with Gasteiger partial charge in [-0.2, -0.15) is 0 Å². The number of fused-ring (bicyclic) bond motifs is 1. The molecule has 0 saturated heterocycles. The molecule has 0 fully saturated rings. The van der Waals surface area contributed by atoms with E-state index in [-0.39, 0.29) is 24.1 Å². The SMILES string of the molecule is CN(C)C(=O)CN1C(=O)/C(=C\c2ccccc2)Oc2cc(N)ccc21. The Bertz CT molecular complexity index is 844. The number of ether oxygens (including phenoxy) is 1. The largest absolute Gasteiger partial charge is 0.449 e. The molecule has 6 nitrogen and oxygen atoms in total. The van der Waals surface area contributed by atoms with Gasteiger partial charge in [-0.05, 0) is 23.8 Å². The first kappa shape index (κ1) is 16.6. The lowest BCUT2D eigenvalue weighted by molar-refractivity contribution is -0.129. The monoisotopic (exact) mass is 337 g/mol. The number of likely N-dealkylation sites (N-methyl/N-ethyl adjacent to an activating group) is 1. The van der Waals surface area contributed by atoms with Gasteiger partial charge in [0.05, 0.1) is 5.69 Å². The fraction of sp³-hybridized carbons (Fsp3) is 0.158. The van der Waals surface area contributed by atoms with Crippen molar-refractivity contribution in [1.82, 2.24) is 4.90 Å². The summed E-state index contributed by atoms with van der Waals surface area (Å²) in [4.78, 5) is 27.9. The minimum absolute atomic E-state index is 0.0712. The number of benzene rings is 2. The lowest BCUT2D eigenvalue weighted by atomic mass is 10.1. The van der Waals surface area contributed by atoms with Gasteiger partial charge in [0.15, 0.2) is 11.5 Å². The van der Waals surface area contributed by atoms with Crippen molar-refractivity contribution in [2.45, 2.75) is 0 Å². The molecule has 1 aliphatic heterocycles. The van der Waals surface area contributed by atoms with E-state index in [9.17, 15) is 9.59 Å². The van der Waals surface area contributed by atoms with E-state index < -0.39 is 0 Å². The standard InChI is InChI=1S/C19H19N3O3/c1-21(2)18(23)12-22-15-9-8-14(20)11-16(15)25-17(19(22)24)10-13-6-4-3-5-7-13/h3-11H,12,20H2,1-2H3/b17-10+. The summed E-state index contributed by atoms with van der Waals surface area (Å²) >= 11 is 0. The number of nitrogens with two attached hydrogens (primary N) is 1. The predicted octanol–water partition coefficient (Wildman–Crippen LogP) is 2.12. The van der Waals surface area contributed by atoms with Gasteiger partial charge in [0.2, 0.25) is 5.91 Å². The number of rotatable bonds is 3. The van der Waals surface area contributed by atoms with Crippen LogP contribution in [0, 0.1) is 0 Å². The van der Waals surface area contributed by atoms with Crippen molar-refractivity contribution in [3.05, 3.63) is 59.9 Å². The van der Waals surface area contributed by atoms with Crippen LogP contribution in [0.15, 0.2) is 54.3 Å². The quantitative estimate of drug-likeness (QED) is 0.688. The van der Waals surface area contributed by atoms with Crippen LogP contribution in [0.25, 0.3) is 6.08 Å². The van der Waals surface area contributed by atoms with Crippen LogP contribution in [0.4, 0.5) is 11.4 Å². The molecule has 0 spiro atoms. The molecule has 0 radical (unpaired) electrons. The summed E-state index contributed by atoms with van der Waals surface area (Å²) in [6.45, 7) is -0.0712. The Labute approximate surface area is 146 Å². The first-order valence-electron chi connectivity index (χ1n) is 7.82.